The summed E-state index contributed by atoms with van der Waals surface area (Å²) < 4.78 is 0. The monoisotopic (exact) mass is 378 g/mol. The van der Waals surface area contributed by atoms with Crippen LogP contribution in [0.15, 0.2) is 36.4 Å². The van der Waals surface area contributed by atoms with E-state index in [-0.39, 0.29) is 17.1 Å². The molecule has 0 amide bonds. The molecule has 2 aliphatic rings. The molecule has 0 nitrogen and oxygen atoms in total. The molecule has 0 saturated carbocycles. The topological polar surface area (TPSA) is 0 Å². The third-order valence-corrected chi connectivity index (χ3v) is 5.29. The van der Waals surface area contributed by atoms with Gasteiger partial charge < -0.3 is 0 Å². The zero-order valence-electron chi connectivity index (χ0n) is 15.1. The number of hydrogen-bond donors (Lipinski definition) is 0. The molecule has 2 aromatic rings. The molecule has 1 unspecified atom stereocenters. The number of hydrogen-bond acceptors (Lipinski definition) is 0. The molecule has 1 atom stereocenters. The van der Waals surface area contributed by atoms with Gasteiger partial charge in [0.15, 0.2) is 0 Å². The summed E-state index contributed by atoms with van der Waals surface area (Å²) in [5, 5.41) is 2.49. The first-order chi connectivity index (χ1) is 11.3. The van der Waals surface area contributed by atoms with Gasteiger partial charge in [-0.25, -0.2) is 0 Å². The van der Waals surface area contributed by atoms with E-state index in [1.807, 2.05) is 27.7 Å². The smallest absolute Gasteiger partial charge is 0 e. The Morgan fingerprint density at radius 1 is 0.875 bits per heavy atom. The molecule has 0 saturated heterocycles. The average Bonchev–Trinajstić information content (AvgIpc) is 2.59. The Balaban J connectivity index is 0.000000539. The summed E-state index contributed by atoms with van der Waals surface area (Å²) in [6, 6.07) is 13.1. The number of fused-ring (bicyclic) bond motifs is 3. The van der Waals surface area contributed by atoms with Crippen LogP contribution >= 0.6 is 8.58 Å². The van der Waals surface area contributed by atoms with E-state index >= 15 is 0 Å². The van der Waals surface area contributed by atoms with Gasteiger partial charge in [-0.2, -0.15) is 0 Å². The maximum Gasteiger partial charge on any atom is 0 e. The summed E-state index contributed by atoms with van der Waals surface area (Å²) in [6.45, 7) is 12.2. The molecule has 0 spiro atoms. The minimum atomic E-state index is 0. The first kappa shape index (κ1) is 20.9. The van der Waals surface area contributed by atoms with Crippen LogP contribution in [0.2, 0.25) is 0 Å². The summed E-state index contributed by atoms with van der Waals surface area (Å²) in [5.74, 6) is 0. The fourth-order valence-corrected chi connectivity index (χ4v) is 4.35. The number of benzene rings is 2. The normalized spacial score (nSPS) is 16.2. The predicted molar refractivity (Wildman–Crippen MR) is 109 cm³/mol. The molecule has 4 rings (SSSR count). The summed E-state index contributed by atoms with van der Waals surface area (Å²) >= 11 is 0. The van der Waals surface area contributed by atoms with E-state index in [0.717, 1.165) is 13.8 Å². The second-order valence-electron chi connectivity index (χ2n) is 5.18. The van der Waals surface area contributed by atoms with Crippen molar-refractivity contribution < 1.29 is 17.1 Å². The van der Waals surface area contributed by atoms with Gasteiger partial charge in [-0.05, 0) is 50.6 Å². The molecular weight excluding hydrogens is 351 g/mol. The van der Waals surface area contributed by atoms with E-state index < -0.39 is 0 Å². The Bertz CT molecular complexity index is 818. The Labute approximate surface area is 159 Å². The minimum Gasteiger partial charge on any atom is -0.113 e. The van der Waals surface area contributed by atoms with Crippen LogP contribution < -0.4 is 10.4 Å². The largest absolute Gasteiger partial charge is 0.113 e. The van der Waals surface area contributed by atoms with Crippen molar-refractivity contribution in [3.63, 3.8) is 0 Å². The van der Waals surface area contributed by atoms with Crippen LogP contribution in [0.5, 0.6) is 0 Å². The van der Waals surface area contributed by atoms with Crippen LogP contribution in [0.25, 0.3) is 24.3 Å². The second kappa shape index (κ2) is 10.00. The Hall–Kier alpha value is -1.13. The molecule has 2 aromatic carbocycles. The van der Waals surface area contributed by atoms with Gasteiger partial charge in [0.25, 0.3) is 0 Å². The molecule has 2 heteroatoms. The van der Waals surface area contributed by atoms with Gasteiger partial charge in [-0.3, -0.25) is 0 Å². The molecule has 128 valence electrons. The summed E-state index contributed by atoms with van der Waals surface area (Å²) in [5.41, 5.74) is 7.36. The quantitative estimate of drug-likeness (QED) is 0.381. The van der Waals surface area contributed by atoms with Gasteiger partial charge in [0.2, 0.25) is 0 Å². The van der Waals surface area contributed by atoms with E-state index in [1.54, 1.807) is 0 Å². The molecule has 0 N–H and O–H groups in total. The van der Waals surface area contributed by atoms with E-state index in [4.69, 9.17) is 0 Å². The first-order valence-electron chi connectivity index (χ1n) is 8.67. The zero-order valence-corrected chi connectivity index (χ0v) is 17.2. The van der Waals surface area contributed by atoms with Crippen LogP contribution in [0, 0.1) is 0 Å². The summed E-state index contributed by atoms with van der Waals surface area (Å²) in [4.78, 5) is 0. The van der Waals surface area contributed by atoms with Gasteiger partial charge in [0.1, 0.15) is 0 Å². The maximum absolute atomic E-state index is 4.20. The van der Waals surface area contributed by atoms with Gasteiger partial charge in [-0.1, -0.05) is 82.8 Å². The van der Waals surface area contributed by atoms with Gasteiger partial charge in [0, 0.05) is 17.1 Å². The molecule has 1 heterocycles. The van der Waals surface area contributed by atoms with Crippen molar-refractivity contribution in [1.29, 1.82) is 0 Å². The van der Waals surface area contributed by atoms with E-state index in [0.29, 0.717) is 0 Å². The predicted octanol–water partition coefficient (Wildman–Crippen LogP) is 5.02. The Kier molecular flexibility index (Phi) is 8.71. The third kappa shape index (κ3) is 3.92. The molecule has 0 radical (unpaired) electrons. The van der Waals surface area contributed by atoms with Crippen molar-refractivity contribution in [1.82, 2.24) is 0 Å². The molecule has 0 fully saturated rings. The molecule has 1 aliphatic carbocycles. The van der Waals surface area contributed by atoms with E-state index in [1.165, 1.54) is 45.4 Å². The summed E-state index contributed by atoms with van der Waals surface area (Å²) in [7, 11) is 0.999. The molecule has 0 bridgehead atoms. The second-order valence-corrected chi connectivity index (χ2v) is 6.38. The van der Waals surface area contributed by atoms with Crippen LogP contribution in [0.3, 0.4) is 0 Å². The summed E-state index contributed by atoms with van der Waals surface area (Å²) in [6.07, 6.45) is 6.90. The third-order valence-electron chi connectivity index (χ3n) is 4.06. The van der Waals surface area contributed by atoms with E-state index in [9.17, 15) is 0 Å². The van der Waals surface area contributed by atoms with Gasteiger partial charge in [0.05, 0.1) is 0 Å². The van der Waals surface area contributed by atoms with Crippen molar-refractivity contribution in [2.45, 2.75) is 33.9 Å². The van der Waals surface area contributed by atoms with Crippen molar-refractivity contribution in [2.75, 3.05) is 6.16 Å². The Morgan fingerprint density at radius 2 is 1.58 bits per heavy atom. The maximum atomic E-state index is 4.20. The van der Waals surface area contributed by atoms with Crippen molar-refractivity contribution in [3.8, 4) is 0 Å². The van der Waals surface area contributed by atoms with Gasteiger partial charge >= 0.3 is 0 Å². The first-order valence-corrected chi connectivity index (χ1v) is 10.1. The fraction of sp³-hybridized carbons (Fsp3) is 0.273. The molecule has 24 heavy (non-hydrogen) atoms. The number of rotatable bonds is 0. The van der Waals surface area contributed by atoms with Crippen LogP contribution in [0.1, 0.15) is 49.9 Å². The molecule has 1 aliphatic heterocycles. The molecular formula is C22H27FeP. The fourth-order valence-electron chi connectivity index (χ4n) is 3.04. The van der Waals surface area contributed by atoms with Crippen LogP contribution in [-0.2, 0) is 23.2 Å². The van der Waals surface area contributed by atoms with Crippen LogP contribution in [-0.4, -0.2) is 6.16 Å². The zero-order chi connectivity index (χ0) is 16.8. The van der Waals surface area contributed by atoms with E-state index in [2.05, 4.69) is 55.1 Å². The average molecular weight is 378 g/mol. The van der Waals surface area contributed by atoms with Gasteiger partial charge in [-0.15, -0.1) is 8.58 Å². The van der Waals surface area contributed by atoms with Crippen molar-refractivity contribution in [3.05, 3.63) is 69.1 Å². The SMILES string of the molecule is C=c1cccc/c1=C1/CPCc2ccc3c(c21)C=C3.CC.CC.[Fe]. The van der Waals surface area contributed by atoms with Crippen molar-refractivity contribution in [2.24, 2.45) is 0 Å². The minimum absolute atomic E-state index is 0. The molecule has 0 aromatic heterocycles. The Morgan fingerprint density at radius 3 is 2.21 bits per heavy atom. The van der Waals surface area contributed by atoms with Crippen molar-refractivity contribution >= 4 is 32.9 Å². The standard InChI is InChI=1S/C18H15P.2C2H6.Fe/c1-12-4-2-3-5-15(12)17-11-19-10-14-7-6-13-8-9-16(13)18(14)17;2*1-2;/h2-9,19H,1,10-11H2;2*1-2H3;/b17-15+;;;. The van der Waals surface area contributed by atoms with Crippen LogP contribution in [0.4, 0.5) is 0 Å².